The quantitative estimate of drug-likeness (QED) is 0.0261. The highest BCUT2D eigenvalue weighted by Crippen LogP contribution is 2.17. The molecule has 1 atom stereocenters. The molecule has 0 fully saturated rings. The second kappa shape index (κ2) is 70.3. The Morgan fingerprint density at radius 3 is 0.735 bits per heavy atom. The van der Waals surface area contributed by atoms with Crippen LogP contribution in [0.15, 0.2) is 122 Å². The predicted molar refractivity (Wildman–Crippen MR) is 362 cm³/mol. The van der Waals surface area contributed by atoms with E-state index in [1.54, 1.807) is 0 Å². The second-order valence-corrected chi connectivity index (χ2v) is 23.1. The lowest BCUT2D eigenvalue weighted by Gasteiger charge is -2.18. The lowest BCUT2D eigenvalue weighted by molar-refractivity contribution is -0.167. The molecule has 0 aliphatic rings. The Bertz CT molecular complexity index is 1700. The average molecular weight is 1150 g/mol. The van der Waals surface area contributed by atoms with Crippen LogP contribution in [-0.4, -0.2) is 37.2 Å². The third kappa shape index (κ3) is 68.5. The van der Waals surface area contributed by atoms with Gasteiger partial charge in [0, 0.05) is 19.3 Å². The molecule has 0 aliphatic carbocycles. The van der Waals surface area contributed by atoms with Crippen molar-refractivity contribution in [2.24, 2.45) is 0 Å². The van der Waals surface area contributed by atoms with Crippen LogP contribution >= 0.6 is 0 Å². The first-order valence-corrected chi connectivity index (χ1v) is 35.0. The summed E-state index contributed by atoms with van der Waals surface area (Å²) in [6.07, 6.45) is 97.9. The van der Waals surface area contributed by atoms with E-state index in [2.05, 4.69) is 142 Å². The Labute approximate surface area is 513 Å². The Morgan fingerprint density at radius 1 is 0.253 bits per heavy atom. The molecule has 0 bridgehead atoms. The molecule has 0 aromatic rings. The maximum atomic E-state index is 12.9. The molecule has 0 saturated carbocycles. The molecule has 6 nitrogen and oxygen atoms in total. The fourth-order valence-corrected chi connectivity index (χ4v) is 9.77. The lowest BCUT2D eigenvalue weighted by Crippen LogP contribution is -2.30. The predicted octanol–water partition coefficient (Wildman–Crippen LogP) is 24.3. The van der Waals surface area contributed by atoms with Gasteiger partial charge < -0.3 is 14.2 Å². The van der Waals surface area contributed by atoms with Crippen LogP contribution in [0.25, 0.3) is 0 Å². The standard InChI is InChI=1S/C77H130O6/c1-4-7-10-13-16-19-22-25-27-29-31-32-33-34-35-36-37-38-39-40-41-42-43-44-45-46-47-49-50-52-55-58-61-64-67-70-76(79)82-73-74(72-81-75(78)69-66-63-60-57-54-24-21-18-15-12-9-6-3)83-77(80)71-68-65-62-59-56-53-51-48-30-28-26-23-20-17-14-11-8-5-2/h7,10,16,19,25,27,31-32,34-35,37-38,40-41,43-44,46-47,50,52,74H,4-6,8-9,11-15,17-18,20-24,26,28-30,33,36,39,42,45,48-49,51,53-73H2,1-3H3/b10-7-,19-16-,27-25-,32-31-,35-34-,38-37-,41-40-,44-43-,47-46-,52-50-. The summed E-state index contributed by atoms with van der Waals surface area (Å²) in [6, 6.07) is 0. The van der Waals surface area contributed by atoms with Crippen molar-refractivity contribution in [1.29, 1.82) is 0 Å². The zero-order valence-corrected chi connectivity index (χ0v) is 54.4. The van der Waals surface area contributed by atoms with E-state index in [-0.39, 0.29) is 31.1 Å². The van der Waals surface area contributed by atoms with Crippen molar-refractivity contribution in [2.75, 3.05) is 13.2 Å². The average Bonchev–Trinajstić information content (AvgIpc) is 3.49. The zero-order valence-electron chi connectivity index (χ0n) is 54.4. The number of rotatable bonds is 63. The number of hydrogen-bond donors (Lipinski definition) is 0. The van der Waals surface area contributed by atoms with Gasteiger partial charge in [-0.05, 0) is 96.3 Å². The van der Waals surface area contributed by atoms with Gasteiger partial charge in [-0.15, -0.1) is 0 Å². The molecule has 0 heterocycles. The van der Waals surface area contributed by atoms with E-state index < -0.39 is 6.10 Å². The van der Waals surface area contributed by atoms with Gasteiger partial charge >= 0.3 is 17.9 Å². The molecule has 0 aliphatic heterocycles. The fourth-order valence-electron chi connectivity index (χ4n) is 9.77. The van der Waals surface area contributed by atoms with Gasteiger partial charge in [-0.3, -0.25) is 14.4 Å². The van der Waals surface area contributed by atoms with Crippen molar-refractivity contribution in [1.82, 2.24) is 0 Å². The van der Waals surface area contributed by atoms with Crippen LogP contribution < -0.4 is 0 Å². The molecule has 0 aromatic carbocycles. The number of carbonyl (C=O) groups excluding carboxylic acids is 3. The lowest BCUT2D eigenvalue weighted by atomic mass is 10.0. The van der Waals surface area contributed by atoms with Crippen LogP contribution in [0.2, 0.25) is 0 Å². The summed E-state index contributed by atoms with van der Waals surface area (Å²) >= 11 is 0. The smallest absolute Gasteiger partial charge is 0.306 e. The Morgan fingerprint density at radius 2 is 0.470 bits per heavy atom. The summed E-state index contributed by atoms with van der Waals surface area (Å²) in [5, 5.41) is 0. The third-order valence-corrected chi connectivity index (χ3v) is 15.0. The normalized spacial score (nSPS) is 12.9. The van der Waals surface area contributed by atoms with Crippen molar-refractivity contribution in [2.45, 2.75) is 335 Å². The van der Waals surface area contributed by atoms with Gasteiger partial charge in [0.1, 0.15) is 13.2 Å². The molecular weight excluding hydrogens is 1020 g/mol. The first kappa shape index (κ1) is 78.8. The molecule has 0 N–H and O–H groups in total. The molecular formula is C77H130O6. The molecule has 6 heteroatoms. The summed E-state index contributed by atoms with van der Waals surface area (Å²) in [7, 11) is 0. The van der Waals surface area contributed by atoms with Crippen molar-refractivity contribution in [3.8, 4) is 0 Å². The first-order chi connectivity index (χ1) is 41.0. The summed E-state index contributed by atoms with van der Waals surface area (Å²) in [5.74, 6) is -0.896. The van der Waals surface area contributed by atoms with E-state index in [0.717, 1.165) is 135 Å². The second-order valence-electron chi connectivity index (χ2n) is 23.1. The van der Waals surface area contributed by atoms with Crippen LogP contribution in [0.3, 0.4) is 0 Å². The molecule has 0 aromatic heterocycles. The SMILES string of the molecule is CC/C=C\C/C=C\C/C=C\C/C=C\C/C=C\C/C=C\C/C=C\C/C=C\C/C=C\C/C=C\CCCCCCC(=O)OCC(COC(=O)CCCCCCCCCCCCCC)OC(=O)CCCCCCCCCCCCCCCCCCCC. The van der Waals surface area contributed by atoms with Crippen LogP contribution in [0.1, 0.15) is 329 Å². The Kier molecular flexibility index (Phi) is 66.7. The number of allylic oxidation sites excluding steroid dienone is 20. The largest absolute Gasteiger partial charge is 0.462 e. The van der Waals surface area contributed by atoms with Crippen LogP contribution in [-0.2, 0) is 28.6 Å². The van der Waals surface area contributed by atoms with E-state index in [1.165, 1.54) is 154 Å². The molecule has 474 valence electrons. The summed E-state index contributed by atoms with van der Waals surface area (Å²) < 4.78 is 16.9. The highest BCUT2D eigenvalue weighted by Gasteiger charge is 2.19. The topological polar surface area (TPSA) is 78.9 Å². The monoisotopic (exact) mass is 1150 g/mol. The van der Waals surface area contributed by atoms with Crippen molar-refractivity contribution in [3.05, 3.63) is 122 Å². The minimum Gasteiger partial charge on any atom is -0.462 e. The molecule has 83 heavy (non-hydrogen) atoms. The summed E-state index contributed by atoms with van der Waals surface area (Å²) in [4.78, 5) is 38.3. The Balaban J connectivity index is 4.30. The molecule has 0 rings (SSSR count). The van der Waals surface area contributed by atoms with E-state index in [9.17, 15) is 14.4 Å². The number of ether oxygens (including phenoxy) is 3. The molecule has 0 radical (unpaired) electrons. The minimum atomic E-state index is -0.788. The molecule has 1 unspecified atom stereocenters. The van der Waals surface area contributed by atoms with E-state index in [1.807, 2.05) is 0 Å². The zero-order chi connectivity index (χ0) is 59.9. The summed E-state index contributed by atoms with van der Waals surface area (Å²) in [5.41, 5.74) is 0. The van der Waals surface area contributed by atoms with E-state index in [4.69, 9.17) is 14.2 Å². The number of carbonyl (C=O) groups is 3. The number of esters is 3. The van der Waals surface area contributed by atoms with Gasteiger partial charge in [0.25, 0.3) is 0 Å². The van der Waals surface area contributed by atoms with Gasteiger partial charge in [-0.25, -0.2) is 0 Å². The van der Waals surface area contributed by atoms with Gasteiger partial charge in [-0.1, -0.05) is 335 Å². The van der Waals surface area contributed by atoms with Crippen molar-refractivity contribution < 1.29 is 28.6 Å². The van der Waals surface area contributed by atoms with Gasteiger partial charge in [0.05, 0.1) is 0 Å². The first-order valence-electron chi connectivity index (χ1n) is 35.0. The van der Waals surface area contributed by atoms with Gasteiger partial charge in [0.2, 0.25) is 0 Å². The maximum Gasteiger partial charge on any atom is 0.306 e. The van der Waals surface area contributed by atoms with Gasteiger partial charge in [-0.2, -0.15) is 0 Å². The van der Waals surface area contributed by atoms with E-state index in [0.29, 0.717) is 19.3 Å². The van der Waals surface area contributed by atoms with Crippen LogP contribution in [0.5, 0.6) is 0 Å². The minimum absolute atomic E-state index is 0.0826. The number of unbranched alkanes of at least 4 members (excludes halogenated alkanes) is 32. The highest BCUT2D eigenvalue weighted by molar-refractivity contribution is 5.71. The van der Waals surface area contributed by atoms with Crippen molar-refractivity contribution >= 4 is 17.9 Å². The molecule has 0 spiro atoms. The third-order valence-electron chi connectivity index (χ3n) is 15.0. The van der Waals surface area contributed by atoms with Crippen molar-refractivity contribution in [3.63, 3.8) is 0 Å². The highest BCUT2D eigenvalue weighted by atomic mass is 16.6. The molecule has 0 saturated heterocycles. The molecule has 0 amide bonds. The summed E-state index contributed by atoms with van der Waals surface area (Å²) in [6.45, 7) is 6.54. The fraction of sp³-hybridized carbons (Fsp3) is 0.701. The maximum absolute atomic E-state index is 12.9. The Hall–Kier alpha value is -4.19. The van der Waals surface area contributed by atoms with Crippen LogP contribution in [0.4, 0.5) is 0 Å². The van der Waals surface area contributed by atoms with Gasteiger partial charge in [0.15, 0.2) is 6.10 Å². The van der Waals surface area contributed by atoms with E-state index >= 15 is 0 Å². The van der Waals surface area contributed by atoms with Crippen LogP contribution in [0, 0.1) is 0 Å². The number of hydrogen-bond acceptors (Lipinski definition) is 6.